The Kier molecular flexibility index (Phi) is 4.94. The van der Waals surface area contributed by atoms with Gasteiger partial charge in [0.15, 0.2) is 0 Å². The van der Waals surface area contributed by atoms with Crippen LogP contribution in [0.2, 0.25) is 5.02 Å². The quantitative estimate of drug-likeness (QED) is 0.807. The predicted molar refractivity (Wildman–Crippen MR) is 59.7 cm³/mol. The minimum absolute atomic E-state index is 0.219. The zero-order chi connectivity index (χ0) is 10.4. The van der Waals surface area contributed by atoms with Crippen LogP contribution >= 0.6 is 11.6 Å². The van der Waals surface area contributed by atoms with Crippen LogP contribution in [0.4, 0.5) is 0 Å². The van der Waals surface area contributed by atoms with Crippen LogP contribution in [0.1, 0.15) is 5.56 Å². The molecule has 1 N–H and O–H groups in total. The average molecular weight is 214 g/mol. The molecule has 1 aromatic rings. The second kappa shape index (κ2) is 6.02. The van der Waals surface area contributed by atoms with Crippen LogP contribution in [-0.2, 0) is 6.42 Å². The third-order valence-corrected chi connectivity index (χ3v) is 2.43. The third kappa shape index (κ3) is 4.09. The van der Waals surface area contributed by atoms with Gasteiger partial charge in [0.2, 0.25) is 0 Å². The summed E-state index contributed by atoms with van der Waals surface area (Å²) < 4.78 is 0. The van der Waals surface area contributed by atoms with Gasteiger partial charge in [-0.3, -0.25) is 0 Å². The van der Waals surface area contributed by atoms with E-state index in [1.165, 1.54) is 5.56 Å². The first-order chi connectivity index (χ1) is 6.72. The maximum atomic E-state index is 8.71. The van der Waals surface area contributed by atoms with E-state index >= 15 is 0 Å². The molecular weight excluding hydrogens is 198 g/mol. The number of likely N-dealkylation sites (N-methyl/N-ethyl adjacent to an activating group) is 1. The number of nitrogens with zero attached hydrogens (tertiary/aromatic N) is 1. The molecule has 0 atom stereocenters. The maximum absolute atomic E-state index is 8.71. The van der Waals surface area contributed by atoms with Crippen molar-refractivity contribution in [3.8, 4) is 0 Å². The molecule has 0 spiro atoms. The van der Waals surface area contributed by atoms with Gasteiger partial charge >= 0.3 is 0 Å². The van der Waals surface area contributed by atoms with Crippen molar-refractivity contribution in [2.45, 2.75) is 6.42 Å². The molecule has 1 aromatic carbocycles. The first-order valence-electron chi connectivity index (χ1n) is 4.76. The van der Waals surface area contributed by atoms with Gasteiger partial charge in [-0.2, -0.15) is 0 Å². The fourth-order valence-corrected chi connectivity index (χ4v) is 1.38. The fraction of sp³-hybridized carbons (Fsp3) is 0.455. The topological polar surface area (TPSA) is 23.5 Å². The number of hydrogen-bond acceptors (Lipinski definition) is 2. The van der Waals surface area contributed by atoms with Crippen molar-refractivity contribution in [1.82, 2.24) is 4.90 Å². The van der Waals surface area contributed by atoms with Crippen LogP contribution in [0, 0.1) is 0 Å². The summed E-state index contributed by atoms with van der Waals surface area (Å²) in [6.07, 6.45) is 0.994. The van der Waals surface area contributed by atoms with Crippen molar-refractivity contribution in [3.63, 3.8) is 0 Å². The Labute approximate surface area is 90.1 Å². The van der Waals surface area contributed by atoms with Crippen LogP contribution < -0.4 is 0 Å². The molecule has 78 valence electrons. The zero-order valence-corrected chi connectivity index (χ0v) is 9.17. The summed E-state index contributed by atoms with van der Waals surface area (Å²) in [5.74, 6) is 0. The van der Waals surface area contributed by atoms with E-state index < -0.39 is 0 Å². The summed E-state index contributed by atoms with van der Waals surface area (Å²) in [4.78, 5) is 2.11. The SMILES string of the molecule is CN(CCO)CCc1ccc(Cl)cc1. The van der Waals surface area contributed by atoms with Crippen LogP contribution in [0.5, 0.6) is 0 Å². The van der Waals surface area contributed by atoms with Gasteiger partial charge in [-0.15, -0.1) is 0 Å². The zero-order valence-electron chi connectivity index (χ0n) is 8.41. The van der Waals surface area contributed by atoms with Gasteiger partial charge in [0.05, 0.1) is 6.61 Å². The van der Waals surface area contributed by atoms with Crippen LogP contribution in [0.3, 0.4) is 0 Å². The van der Waals surface area contributed by atoms with Gasteiger partial charge in [0.1, 0.15) is 0 Å². The molecule has 0 saturated carbocycles. The van der Waals surface area contributed by atoms with Crippen molar-refractivity contribution in [3.05, 3.63) is 34.9 Å². The maximum Gasteiger partial charge on any atom is 0.0558 e. The first kappa shape index (κ1) is 11.5. The van der Waals surface area contributed by atoms with Gasteiger partial charge in [-0.05, 0) is 31.2 Å². The number of halogens is 1. The van der Waals surface area contributed by atoms with E-state index in [2.05, 4.69) is 4.90 Å². The molecule has 0 aliphatic carbocycles. The Bertz CT molecular complexity index is 260. The molecule has 0 heterocycles. The Morgan fingerprint density at radius 2 is 1.86 bits per heavy atom. The minimum Gasteiger partial charge on any atom is -0.395 e. The normalized spacial score (nSPS) is 10.9. The van der Waals surface area contributed by atoms with E-state index in [0.717, 1.165) is 24.5 Å². The summed E-state index contributed by atoms with van der Waals surface area (Å²) in [5.41, 5.74) is 1.28. The van der Waals surface area contributed by atoms with Gasteiger partial charge in [0, 0.05) is 18.1 Å². The van der Waals surface area contributed by atoms with Gasteiger partial charge in [-0.1, -0.05) is 23.7 Å². The predicted octanol–water partition coefficient (Wildman–Crippen LogP) is 1.81. The van der Waals surface area contributed by atoms with E-state index in [-0.39, 0.29) is 6.61 Å². The molecule has 2 nitrogen and oxygen atoms in total. The van der Waals surface area contributed by atoms with E-state index in [9.17, 15) is 0 Å². The van der Waals surface area contributed by atoms with Crippen molar-refractivity contribution in [2.24, 2.45) is 0 Å². The number of rotatable bonds is 5. The summed E-state index contributed by atoms with van der Waals surface area (Å²) in [6, 6.07) is 7.89. The summed E-state index contributed by atoms with van der Waals surface area (Å²) >= 11 is 5.78. The molecule has 14 heavy (non-hydrogen) atoms. The number of hydrogen-bond donors (Lipinski definition) is 1. The molecule has 0 saturated heterocycles. The highest BCUT2D eigenvalue weighted by molar-refractivity contribution is 6.30. The smallest absolute Gasteiger partial charge is 0.0558 e. The lowest BCUT2D eigenvalue weighted by atomic mass is 10.1. The first-order valence-corrected chi connectivity index (χ1v) is 5.14. The molecule has 0 amide bonds. The van der Waals surface area contributed by atoms with Crippen molar-refractivity contribution < 1.29 is 5.11 Å². The molecule has 0 unspecified atom stereocenters. The van der Waals surface area contributed by atoms with Crippen molar-refractivity contribution in [1.29, 1.82) is 0 Å². The molecule has 0 fully saturated rings. The van der Waals surface area contributed by atoms with Crippen LogP contribution in [0.25, 0.3) is 0 Å². The van der Waals surface area contributed by atoms with Gasteiger partial charge in [-0.25, -0.2) is 0 Å². The Morgan fingerprint density at radius 1 is 1.21 bits per heavy atom. The second-order valence-electron chi connectivity index (χ2n) is 3.40. The largest absolute Gasteiger partial charge is 0.395 e. The number of aliphatic hydroxyl groups excluding tert-OH is 1. The number of benzene rings is 1. The summed E-state index contributed by atoms with van der Waals surface area (Å²) in [5, 5.41) is 9.49. The molecule has 0 radical (unpaired) electrons. The molecule has 0 aromatic heterocycles. The Hall–Kier alpha value is -0.570. The highest BCUT2D eigenvalue weighted by Gasteiger charge is 1.98. The second-order valence-corrected chi connectivity index (χ2v) is 3.84. The molecule has 1 rings (SSSR count). The lowest BCUT2D eigenvalue weighted by Gasteiger charge is -2.14. The van der Waals surface area contributed by atoms with E-state index in [4.69, 9.17) is 16.7 Å². The lowest BCUT2D eigenvalue weighted by Crippen LogP contribution is -2.24. The van der Waals surface area contributed by atoms with Crippen LogP contribution in [0.15, 0.2) is 24.3 Å². The monoisotopic (exact) mass is 213 g/mol. The summed E-state index contributed by atoms with van der Waals surface area (Å²) in [7, 11) is 2.01. The Balaban J connectivity index is 2.34. The third-order valence-electron chi connectivity index (χ3n) is 2.18. The molecule has 3 heteroatoms. The van der Waals surface area contributed by atoms with E-state index in [1.54, 1.807) is 0 Å². The fourth-order valence-electron chi connectivity index (χ4n) is 1.25. The summed E-state index contributed by atoms with van der Waals surface area (Å²) in [6.45, 7) is 1.91. The average Bonchev–Trinajstić information content (AvgIpc) is 2.17. The van der Waals surface area contributed by atoms with Gasteiger partial charge in [0.25, 0.3) is 0 Å². The Morgan fingerprint density at radius 3 is 2.43 bits per heavy atom. The molecule has 0 aliphatic rings. The van der Waals surface area contributed by atoms with E-state index in [0.29, 0.717) is 0 Å². The highest BCUT2D eigenvalue weighted by atomic mass is 35.5. The van der Waals surface area contributed by atoms with Crippen molar-refractivity contribution >= 4 is 11.6 Å². The molecule has 0 bridgehead atoms. The van der Waals surface area contributed by atoms with E-state index in [1.807, 2.05) is 31.3 Å². The molecule has 0 aliphatic heterocycles. The lowest BCUT2D eigenvalue weighted by molar-refractivity contribution is 0.223. The van der Waals surface area contributed by atoms with Crippen molar-refractivity contribution in [2.75, 3.05) is 26.7 Å². The number of aliphatic hydroxyl groups is 1. The minimum atomic E-state index is 0.219. The highest BCUT2D eigenvalue weighted by Crippen LogP contribution is 2.09. The van der Waals surface area contributed by atoms with Crippen LogP contribution in [-0.4, -0.2) is 36.8 Å². The molecular formula is C11H16ClNO. The van der Waals surface area contributed by atoms with Gasteiger partial charge < -0.3 is 10.0 Å². The standard InChI is InChI=1S/C11H16ClNO/c1-13(8-9-14)7-6-10-2-4-11(12)5-3-10/h2-5,14H,6-9H2,1H3.